The van der Waals surface area contributed by atoms with E-state index in [1.807, 2.05) is 6.20 Å². The molecule has 0 radical (unpaired) electrons. The minimum atomic E-state index is -0.834. The Kier molecular flexibility index (Phi) is 8.68. The second-order valence-corrected chi connectivity index (χ2v) is 11.9. The first-order valence-electron chi connectivity index (χ1n) is 14.5. The molecule has 0 spiro atoms. The lowest BCUT2D eigenvalue weighted by molar-refractivity contribution is 0.0856. The van der Waals surface area contributed by atoms with Gasteiger partial charge in [-0.3, -0.25) is 14.2 Å². The molecule has 6 rings (SSSR count). The number of aromatic nitrogens is 6. The Hall–Kier alpha value is -3.55. The first-order valence-corrected chi connectivity index (χ1v) is 15.4. The van der Waals surface area contributed by atoms with E-state index in [2.05, 4.69) is 30.4 Å². The summed E-state index contributed by atoms with van der Waals surface area (Å²) < 4.78 is 32.1. The number of nitrogens with one attached hydrogen (secondary N) is 1. The quantitative estimate of drug-likeness (QED) is 0.257. The van der Waals surface area contributed by atoms with Crippen LogP contribution in [0.15, 0.2) is 36.1 Å². The zero-order valence-electron chi connectivity index (χ0n) is 23.3. The number of carbonyl (C=O) groups is 1. The van der Waals surface area contributed by atoms with Crippen molar-refractivity contribution in [3.63, 3.8) is 0 Å². The van der Waals surface area contributed by atoms with Crippen LogP contribution in [0.5, 0.6) is 0 Å². The fourth-order valence-electron chi connectivity index (χ4n) is 5.76. The van der Waals surface area contributed by atoms with Gasteiger partial charge < -0.3 is 15.3 Å². The number of aliphatic hydroxyl groups is 1. The van der Waals surface area contributed by atoms with Gasteiger partial charge in [0, 0.05) is 29.9 Å². The zero-order chi connectivity index (χ0) is 29.1. The van der Waals surface area contributed by atoms with Crippen molar-refractivity contribution in [1.82, 2.24) is 34.4 Å². The lowest BCUT2D eigenvalue weighted by atomic mass is 9.96. The average Bonchev–Trinajstić information content (AvgIpc) is 3.76. The van der Waals surface area contributed by atoms with Crippen LogP contribution in [0.4, 0.5) is 14.5 Å². The number of rotatable bonds is 9. The third kappa shape index (κ3) is 6.58. The minimum Gasteiger partial charge on any atom is -0.390 e. The molecule has 42 heavy (non-hydrogen) atoms. The van der Waals surface area contributed by atoms with Crippen LogP contribution in [0.25, 0.3) is 22.0 Å². The highest BCUT2D eigenvalue weighted by Crippen LogP contribution is 2.34. The van der Waals surface area contributed by atoms with Gasteiger partial charge in [0.15, 0.2) is 5.82 Å². The van der Waals surface area contributed by atoms with E-state index in [-0.39, 0.29) is 28.8 Å². The van der Waals surface area contributed by atoms with Gasteiger partial charge in [-0.15, -0.1) is 11.3 Å². The predicted molar refractivity (Wildman–Crippen MR) is 155 cm³/mol. The topological polar surface area (TPSA) is 114 Å². The molecule has 2 N–H and O–H groups in total. The molecule has 10 nitrogen and oxygen atoms in total. The lowest BCUT2D eigenvalue weighted by Gasteiger charge is -2.28. The van der Waals surface area contributed by atoms with Crippen molar-refractivity contribution in [1.29, 1.82) is 0 Å². The van der Waals surface area contributed by atoms with E-state index >= 15 is 0 Å². The highest BCUT2D eigenvalue weighted by atomic mass is 32.1. The molecule has 13 heteroatoms. The minimum absolute atomic E-state index is 0.0748. The van der Waals surface area contributed by atoms with Gasteiger partial charge in [0.05, 0.1) is 30.6 Å². The van der Waals surface area contributed by atoms with Gasteiger partial charge in [-0.25, -0.2) is 14.4 Å². The Morgan fingerprint density at radius 1 is 1.02 bits per heavy atom. The van der Waals surface area contributed by atoms with Gasteiger partial charge in [0.2, 0.25) is 5.95 Å². The number of piperidine rings is 1. The predicted octanol–water partition coefficient (Wildman–Crippen LogP) is 5.15. The van der Waals surface area contributed by atoms with Crippen molar-refractivity contribution < 1.29 is 18.7 Å². The van der Waals surface area contributed by atoms with Crippen LogP contribution >= 0.6 is 11.3 Å². The Balaban J connectivity index is 1.17. The van der Waals surface area contributed by atoms with Gasteiger partial charge in [0.25, 0.3) is 5.91 Å². The molecule has 5 heterocycles. The Bertz CT molecular complexity index is 1520. The van der Waals surface area contributed by atoms with Crippen LogP contribution < -0.4 is 5.32 Å². The summed E-state index contributed by atoms with van der Waals surface area (Å²) in [5.41, 5.74) is 0.977. The second-order valence-electron chi connectivity index (χ2n) is 11.1. The fourth-order valence-corrected chi connectivity index (χ4v) is 6.54. The number of nitrogens with zero attached hydrogens (tertiary/aromatic N) is 7. The molecule has 4 aromatic rings. The number of hydrogen-bond acceptors (Lipinski definition) is 8. The van der Waals surface area contributed by atoms with E-state index in [4.69, 9.17) is 0 Å². The molecular formula is C29H34F2N8O2S. The number of pyridine rings is 1. The van der Waals surface area contributed by atoms with Gasteiger partial charge in [-0.2, -0.15) is 14.6 Å². The number of thiazole rings is 1. The fraction of sp³-hybridized carbons (Fsp3) is 0.483. The number of hydrogen-bond donors (Lipinski definition) is 2. The van der Waals surface area contributed by atoms with Crippen LogP contribution in [0, 0.1) is 11.8 Å². The molecule has 1 saturated heterocycles. The third-order valence-electron chi connectivity index (χ3n) is 7.90. The molecule has 4 aromatic heterocycles. The highest BCUT2D eigenvalue weighted by molar-refractivity contribution is 7.13. The van der Waals surface area contributed by atoms with Gasteiger partial charge in [-0.1, -0.05) is 25.7 Å². The maximum atomic E-state index is 14.7. The summed E-state index contributed by atoms with van der Waals surface area (Å²) in [4.78, 5) is 23.8. The standard InChI is InChI=1S/C29H34F2N8O2S/c30-22-9-10-25(31)35-26(22)27-23(17-39(36-27)20-7-3-1-4-8-20)33-28(41)24-18-42-29(34-24)19-13-32-38(14-19)16-21(40)15-37-11-5-2-6-12-37/h9-10,13-14,17-18,20-21,40H,1-8,11-12,15-16H2,(H,33,41). The summed E-state index contributed by atoms with van der Waals surface area (Å²) >= 11 is 1.30. The number of carbonyl (C=O) groups excluding carboxylic acids is 1. The first-order chi connectivity index (χ1) is 20.4. The maximum Gasteiger partial charge on any atom is 0.275 e. The van der Waals surface area contributed by atoms with Crippen molar-refractivity contribution in [3.05, 3.63) is 53.6 Å². The first kappa shape index (κ1) is 28.6. The molecular weight excluding hydrogens is 562 g/mol. The zero-order valence-corrected chi connectivity index (χ0v) is 24.1. The number of halogens is 2. The molecule has 1 amide bonds. The normalized spacial score (nSPS) is 17.4. The SMILES string of the molecule is O=C(Nc1cn(C2CCCCC2)nc1-c1nc(F)ccc1F)c1csc(-c2cnn(CC(O)CN3CCCCC3)c2)n1. The lowest BCUT2D eigenvalue weighted by Crippen LogP contribution is -2.38. The van der Waals surface area contributed by atoms with Crippen molar-refractivity contribution in [2.75, 3.05) is 25.0 Å². The van der Waals surface area contributed by atoms with E-state index in [9.17, 15) is 18.7 Å². The molecule has 1 saturated carbocycles. The van der Waals surface area contributed by atoms with Crippen LogP contribution in [-0.2, 0) is 6.54 Å². The number of β-amino-alcohol motifs (C(OH)–C–C–N with tert-alkyl or cyclic N) is 1. The number of anilines is 1. The summed E-state index contributed by atoms with van der Waals surface area (Å²) in [6.07, 6.45) is 13.3. The van der Waals surface area contributed by atoms with Gasteiger partial charge in [-0.05, 0) is 50.9 Å². The largest absolute Gasteiger partial charge is 0.390 e. The summed E-state index contributed by atoms with van der Waals surface area (Å²) in [5, 5.41) is 24.5. The molecule has 1 atom stereocenters. The smallest absolute Gasteiger partial charge is 0.275 e. The maximum absolute atomic E-state index is 14.7. The third-order valence-corrected chi connectivity index (χ3v) is 8.79. The second kappa shape index (κ2) is 12.8. The Labute approximate surface area is 246 Å². The van der Waals surface area contributed by atoms with Crippen molar-refractivity contribution in [3.8, 4) is 22.0 Å². The molecule has 1 aliphatic carbocycles. The Morgan fingerprint density at radius 3 is 2.62 bits per heavy atom. The van der Waals surface area contributed by atoms with Crippen LogP contribution in [0.2, 0.25) is 0 Å². The summed E-state index contributed by atoms with van der Waals surface area (Å²) in [5.74, 6) is -2.06. The average molecular weight is 597 g/mol. The number of amides is 1. The van der Waals surface area contributed by atoms with Gasteiger partial charge >= 0.3 is 0 Å². The van der Waals surface area contributed by atoms with E-state index < -0.39 is 23.8 Å². The van der Waals surface area contributed by atoms with Crippen molar-refractivity contribution >= 4 is 22.9 Å². The van der Waals surface area contributed by atoms with E-state index in [1.54, 1.807) is 27.1 Å². The Morgan fingerprint density at radius 2 is 1.81 bits per heavy atom. The highest BCUT2D eigenvalue weighted by Gasteiger charge is 2.24. The summed E-state index contributed by atoms with van der Waals surface area (Å²) in [7, 11) is 0. The monoisotopic (exact) mass is 596 g/mol. The number of likely N-dealkylation sites (tertiary alicyclic amines) is 1. The molecule has 0 bridgehead atoms. The van der Waals surface area contributed by atoms with E-state index in [0.29, 0.717) is 18.1 Å². The van der Waals surface area contributed by atoms with Crippen LogP contribution in [-0.4, -0.2) is 71.2 Å². The summed E-state index contributed by atoms with van der Waals surface area (Å²) in [6, 6.07) is 2.06. The van der Waals surface area contributed by atoms with Crippen molar-refractivity contribution in [2.45, 2.75) is 70.1 Å². The molecule has 222 valence electrons. The molecule has 1 aliphatic heterocycles. The number of aliphatic hydroxyl groups excluding tert-OH is 1. The van der Waals surface area contributed by atoms with Crippen LogP contribution in [0.1, 0.15) is 67.9 Å². The summed E-state index contributed by atoms with van der Waals surface area (Å²) in [6.45, 7) is 3.02. The molecule has 1 unspecified atom stereocenters. The van der Waals surface area contributed by atoms with Gasteiger partial charge in [0.1, 0.15) is 22.1 Å². The molecule has 2 aliphatic rings. The molecule has 0 aromatic carbocycles. The van der Waals surface area contributed by atoms with Crippen molar-refractivity contribution in [2.24, 2.45) is 0 Å². The van der Waals surface area contributed by atoms with Crippen LogP contribution in [0.3, 0.4) is 0 Å². The van der Waals surface area contributed by atoms with E-state index in [1.165, 1.54) is 30.6 Å². The molecule has 2 fully saturated rings. The van der Waals surface area contributed by atoms with E-state index in [0.717, 1.165) is 62.9 Å².